The Balaban J connectivity index is 1.32. The highest BCUT2D eigenvalue weighted by atomic mass is 16.2. The Kier molecular flexibility index (Phi) is 7.69. The van der Waals surface area contributed by atoms with Gasteiger partial charge in [0.15, 0.2) is 11.6 Å². The molecule has 37 heavy (non-hydrogen) atoms. The lowest BCUT2D eigenvalue weighted by Crippen LogP contribution is -2.12. The van der Waals surface area contributed by atoms with Crippen molar-refractivity contribution in [3.05, 3.63) is 130 Å². The minimum atomic E-state index is -0.240. The van der Waals surface area contributed by atoms with Gasteiger partial charge in [0.25, 0.3) is 11.8 Å². The Morgan fingerprint density at radius 3 is 1.05 bits per heavy atom. The van der Waals surface area contributed by atoms with Crippen LogP contribution < -0.4 is 10.6 Å². The Labute approximate surface area is 215 Å². The molecule has 0 spiro atoms. The number of carbonyl (C=O) groups excluding carboxylic acids is 4. The van der Waals surface area contributed by atoms with Gasteiger partial charge in [-0.25, -0.2) is 0 Å². The van der Waals surface area contributed by atoms with Crippen molar-refractivity contribution in [2.75, 3.05) is 10.6 Å². The number of Topliss-reactive ketones (excluding diaryl/α,β-unsaturated/α-hetero) is 2. The second-order valence-corrected chi connectivity index (χ2v) is 8.75. The third kappa shape index (κ3) is 6.64. The van der Waals surface area contributed by atoms with E-state index in [4.69, 9.17) is 0 Å². The minimum Gasteiger partial charge on any atom is -0.322 e. The number of anilines is 2. The Hall–Kier alpha value is -4.84. The summed E-state index contributed by atoms with van der Waals surface area (Å²) in [5, 5.41) is 5.73. The number of nitrogens with one attached hydrogen (secondary N) is 2. The first-order chi connectivity index (χ1) is 17.8. The van der Waals surface area contributed by atoms with Gasteiger partial charge in [-0.3, -0.25) is 19.2 Å². The molecule has 0 aromatic heterocycles. The molecule has 0 aliphatic rings. The van der Waals surface area contributed by atoms with Crippen LogP contribution in [0.5, 0.6) is 0 Å². The first-order valence-corrected chi connectivity index (χ1v) is 11.8. The van der Waals surface area contributed by atoms with Crippen LogP contribution in [0.15, 0.2) is 97.1 Å². The van der Waals surface area contributed by atoms with Gasteiger partial charge in [0.2, 0.25) is 0 Å². The van der Waals surface area contributed by atoms with Gasteiger partial charge in [0.05, 0.1) is 0 Å². The molecule has 0 saturated heterocycles. The lowest BCUT2D eigenvalue weighted by Gasteiger charge is -2.09. The molecule has 0 saturated carbocycles. The SMILES string of the molecule is CC(=O)c1ccc(C(=O)Nc2ccc(Cc3ccc(NC(=O)c4ccc(C(C)=O)cc4)cc3)cc2)cc1. The van der Waals surface area contributed by atoms with Crippen molar-refractivity contribution < 1.29 is 19.2 Å². The number of benzene rings is 4. The van der Waals surface area contributed by atoms with Gasteiger partial charge in [0.1, 0.15) is 0 Å². The third-order valence-corrected chi connectivity index (χ3v) is 5.94. The average molecular weight is 491 g/mol. The molecule has 0 radical (unpaired) electrons. The second kappa shape index (κ2) is 11.3. The van der Waals surface area contributed by atoms with Gasteiger partial charge in [-0.1, -0.05) is 48.5 Å². The first kappa shape index (κ1) is 25.3. The Morgan fingerprint density at radius 1 is 0.459 bits per heavy atom. The summed E-state index contributed by atoms with van der Waals surface area (Å²) in [4.78, 5) is 47.7. The summed E-state index contributed by atoms with van der Waals surface area (Å²) in [6.07, 6.45) is 0.696. The molecule has 184 valence electrons. The van der Waals surface area contributed by atoms with Crippen molar-refractivity contribution in [1.29, 1.82) is 0 Å². The van der Waals surface area contributed by atoms with Gasteiger partial charge in [-0.2, -0.15) is 0 Å². The molecular formula is C31H26N2O4. The van der Waals surface area contributed by atoms with Crippen LogP contribution in [-0.2, 0) is 6.42 Å². The predicted molar refractivity (Wildman–Crippen MR) is 144 cm³/mol. The summed E-state index contributed by atoms with van der Waals surface area (Å²) >= 11 is 0. The number of hydrogen-bond acceptors (Lipinski definition) is 4. The number of amides is 2. The summed E-state index contributed by atoms with van der Waals surface area (Å²) in [5.74, 6) is -0.566. The first-order valence-electron chi connectivity index (χ1n) is 11.8. The van der Waals surface area contributed by atoms with Crippen LogP contribution in [0.1, 0.15) is 66.4 Å². The van der Waals surface area contributed by atoms with Crippen LogP contribution in [0.3, 0.4) is 0 Å². The fourth-order valence-electron chi connectivity index (χ4n) is 3.77. The van der Waals surface area contributed by atoms with Crippen molar-refractivity contribution in [3.8, 4) is 0 Å². The van der Waals surface area contributed by atoms with E-state index >= 15 is 0 Å². The highest BCUT2D eigenvalue weighted by Crippen LogP contribution is 2.18. The van der Waals surface area contributed by atoms with Crippen molar-refractivity contribution in [3.63, 3.8) is 0 Å². The molecule has 6 nitrogen and oxygen atoms in total. The predicted octanol–water partition coefficient (Wildman–Crippen LogP) is 6.19. The average Bonchev–Trinajstić information content (AvgIpc) is 2.91. The summed E-state index contributed by atoms with van der Waals surface area (Å²) in [5.41, 5.74) is 5.60. The zero-order valence-electron chi connectivity index (χ0n) is 20.6. The molecule has 4 aromatic rings. The van der Waals surface area contributed by atoms with E-state index in [1.54, 1.807) is 48.5 Å². The summed E-state index contributed by atoms with van der Waals surface area (Å²) in [7, 11) is 0. The van der Waals surface area contributed by atoms with Crippen LogP contribution in [0.4, 0.5) is 11.4 Å². The molecule has 0 heterocycles. The molecule has 2 amide bonds. The minimum absolute atomic E-state index is 0.0424. The van der Waals surface area contributed by atoms with Gasteiger partial charge >= 0.3 is 0 Å². The van der Waals surface area contributed by atoms with Crippen LogP contribution in [-0.4, -0.2) is 23.4 Å². The molecule has 2 N–H and O–H groups in total. The standard InChI is InChI=1S/C31H26N2O4/c1-20(34)24-7-11-26(12-8-24)30(36)32-28-15-3-22(4-16-28)19-23-5-17-29(18-6-23)33-31(37)27-13-9-25(10-14-27)21(2)35/h3-18H,19H2,1-2H3,(H,32,36)(H,33,37). The molecule has 0 atom stereocenters. The van der Waals surface area contributed by atoms with Crippen molar-refractivity contribution >= 4 is 34.8 Å². The number of rotatable bonds is 8. The normalized spacial score (nSPS) is 10.4. The third-order valence-electron chi connectivity index (χ3n) is 5.94. The second-order valence-electron chi connectivity index (χ2n) is 8.75. The van der Waals surface area contributed by atoms with Gasteiger partial charge < -0.3 is 10.6 Å². The van der Waals surface area contributed by atoms with Crippen LogP contribution in [0, 0.1) is 0 Å². The zero-order chi connectivity index (χ0) is 26.4. The van der Waals surface area contributed by atoms with E-state index < -0.39 is 0 Å². The lowest BCUT2D eigenvalue weighted by atomic mass is 10.0. The van der Waals surface area contributed by atoms with E-state index in [-0.39, 0.29) is 23.4 Å². The molecular weight excluding hydrogens is 464 g/mol. The largest absolute Gasteiger partial charge is 0.322 e. The van der Waals surface area contributed by atoms with Crippen molar-refractivity contribution in [2.24, 2.45) is 0 Å². The van der Waals surface area contributed by atoms with Gasteiger partial charge in [-0.05, 0) is 79.9 Å². The molecule has 6 heteroatoms. The molecule has 0 bridgehead atoms. The smallest absolute Gasteiger partial charge is 0.255 e. The van der Waals surface area contributed by atoms with E-state index in [0.29, 0.717) is 40.0 Å². The quantitative estimate of drug-likeness (QED) is 0.288. The maximum absolute atomic E-state index is 12.5. The van der Waals surface area contributed by atoms with Crippen LogP contribution in [0.25, 0.3) is 0 Å². The molecule has 4 rings (SSSR count). The lowest BCUT2D eigenvalue weighted by molar-refractivity contribution is 0.100. The topological polar surface area (TPSA) is 92.3 Å². The molecule has 0 aliphatic heterocycles. The summed E-state index contributed by atoms with van der Waals surface area (Å²) in [6.45, 7) is 2.98. The summed E-state index contributed by atoms with van der Waals surface area (Å²) < 4.78 is 0. The maximum Gasteiger partial charge on any atom is 0.255 e. The highest BCUT2D eigenvalue weighted by Gasteiger charge is 2.09. The van der Waals surface area contributed by atoms with Crippen LogP contribution >= 0.6 is 0 Å². The van der Waals surface area contributed by atoms with E-state index in [2.05, 4.69) is 10.6 Å². The maximum atomic E-state index is 12.5. The Bertz CT molecular complexity index is 1320. The number of carbonyl (C=O) groups is 4. The van der Waals surface area contributed by atoms with Gasteiger partial charge in [0, 0.05) is 33.6 Å². The van der Waals surface area contributed by atoms with Crippen molar-refractivity contribution in [2.45, 2.75) is 20.3 Å². The van der Waals surface area contributed by atoms with Gasteiger partial charge in [-0.15, -0.1) is 0 Å². The van der Waals surface area contributed by atoms with E-state index in [9.17, 15) is 19.2 Å². The van der Waals surface area contributed by atoms with E-state index in [1.807, 2.05) is 48.5 Å². The number of hydrogen-bond donors (Lipinski definition) is 2. The zero-order valence-corrected chi connectivity index (χ0v) is 20.6. The highest BCUT2D eigenvalue weighted by molar-refractivity contribution is 6.06. The van der Waals surface area contributed by atoms with E-state index in [0.717, 1.165) is 11.1 Å². The molecule has 0 aliphatic carbocycles. The van der Waals surface area contributed by atoms with Crippen LogP contribution in [0.2, 0.25) is 0 Å². The molecule has 0 unspecified atom stereocenters. The number of ketones is 2. The van der Waals surface area contributed by atoms with E-state index in [1.165, 1.54) is 13.8 Å². The molecule has 0 fully saturated rings. The fourth-order valence-corrected chi connectivity index (χ4v) is 3.77. The fraction of sp³-hybridized carbons (Fsp3) is 0.0968. The van der Waals surface area contributed by atoms with Crippen molar-refractivity contribution in [1.82, 2.24) is 0 Å². The monoisotopic (exact) mass is 490 g/mol. The summed E-state index contributed by atoms with van der Waals surface area (Å²) in [6, 6.07) is 28.3. The Morgan fingerprint density at radius 2 is 0.757 bits per heavy atom. The molecule has 4 aromatic carbocycles.